The quantitative estimate of drug-likeness (QED) is 0.163. The van der Waals surface area contributed by atoms with Gasteiger partial charge in [-0.3, -0.25) is 0 Å². The van der Waals surface area contributed by atoms with Crippen LogP contribution in [-0.4, -0.2) is 60.7 Å². The largest absolute Gasteiger partial charge is 0.497 e. The molecule has 0 saturated carbocycles. The molecule has 2 aromatic carbocycles. The van der Waals surface area contributed by atoms with E-state index in [1.54, 1.807) is 26.5 Å². The average molecular weight is 539 g/mol. The number of nitrogens with zero attached hydrogens (tertiary/aromatic N) is 2. The Labute approximate surface area is 227 Å². The highest BCUT2D eigenvalue weighted by Gasteiger charge is 1.99. The molecule has 0 atom stereocenters. The van der Waals surface area contributed by atoms with Gasteiger partial charge in [0.15, 0.2) is 0 Å². The first-order valence-corrected chi connectivity index (χ1v) is 12.1. The minimum atomic E-state index is -0.501. The number of aromatic nitrogens is 2. The zero-order valence-electron chi connectivity index (χ0n) is 22.0. The first-order valence-electron chi connectivity index (χ1n) is 12.1. The maximum atomic E-state index is 12.8. The molecule has 0 amide bonds. The van der Waals surface area contributed by atoms with Crippen LogP contribution in [0, 0.1) is 5.95 Å². The number of aliphatic hydroxyl groups is 2. The van der Waals surface area contributed by atoms with Crippen molar-refractivity contribution in [1.82, 2.24) is 9.97 Å². The van der Waals surface area contributed by atoms with E-state index in [0.29, 0.717) is 18.8 Å². The molecule has 0 unspecified atom stereocenters. The fraction of sp³-hybridized carbons (Fsp3) is 0.214. The summed E-state index contributed by atoms with van der Waals surface area (Å²) in [4.78, 5) is 7.65. The molecule has 4 rings (SSSR count). The van der Waals surface area contributed by atoms with Gasteiger partial charge in [-0.15, -0.1) is 0 Å². The SMILES string of the molecule is COc1ccc(Nc2ccnc(F)c2)cc1.COc1ccc(Nc2ccnc(NCCO)c2)cc1.NCCO. The Morgan fingerprint density at radius 1 is 0.718 bits per heavy atom. The number of rotatable bonds is 10. The molecule has 0 spiro atoms. The summed E-state index contributed by atoms with van der Waals surface area (Å²) in [5.74, 6) is 1.84. The number of pyridine rings is 2. The van der Waals surface area contributed by atoms with Crippen molar-refractivity contribution < 1.29 is 24.1 Å². The number of nitrogens with one attached hydrogen (secondary N) is 3. The van der Waals surface area contributed by atoms with Gasteiger partial charge in [0.05, 0.1) is 27.4 Å². The summed E-state index contributed by atoms with van der Waals surface area (Å²) in [5, 5.41) is 25.9. The van der Waals surface area contributed by atoms with Crippen molar-refractivity contribution in [2.75, 3.05) is 56.5 Å². The van der Waals surface area contributed by atoms with E-state index in [0.717, 1.165) is 34.4 Å². The van der Waals surface area contributed by atoms with Gasteiger partial charge in [-0.25, -0.2) is 9.97 Å². The number of benzene rings is 2. The zero-order chi connectivity index (χ0) is 28.3. The predicted octanol–water partition coefficient (Wildman–Crippen LogP) is 4.15. The Morgan fingerprint density at radius 2 is 1.21 bits per heavy atom. The van der Waals surface area contributed by atoms with Gasteiger partial charge in [-0.05, 0) is 60.7 Å². The van der Waals surface area contributed by atoms with Crippen LogP contribution in [0.1, 0.15) is 0 Å². The van der Waals surface area contributed by atoms with Gasteiger partial charge < -0.3 is 41.4 Å². The van der Waals surface area contributed by atoms with Crippen LogP contribution in [0.5, 0.6) is 11.5 Å². The minimum absolute atomic E-state index is 0.0812. The Kier molecular flexibility index (Phi) is 14.1. The second-order valence-corrected chi connectivity index (χ2v) is 7.67. The van der Waals surface area contributed by atoms with Crippen molar-refractivity contribution in [1.29, 1.82) is 0 Å². The Morgan fingerprint density at radius 3 is 1.64 bits per heavy atom. The lowest BCUT2D eigenvalue weighted by atomic mass is 10.3. The predicted molar refractivity (Wildman–Crippen MR) is 153 cm³/mol. The van der Waals surface area contributed by atoms with E-state index in [1.807, 2.05) is 60.7 Å². The number of ether oxygens (including phenoxy) is 2. The van der Waals surface area contributed by atoms with Crippen molar-refractivity contribution in [3.63, 3.8) is 0 Å². The molecule has 11 heteroatoms. The molecule has 7 N–H and O–H groups in total. The summed E-state index contributed by atoms with van der Waals surface area (Å²) in [5.41, 5.74) is 8.21. The molecule has 0 aliphatic carbocycles. The summed E-state index contributed by atoms with van der Waals surface area (Å²) in [6.07, 6.45) is 3.13. The fourth-order valence-electron chi connectivity index (χ4n) is 2.95. The number of hydrogen-bond acceptors (Lipinski definition) is 10. The molecule has 0 bridgehead atoms. The first-order chi connectivity index (χ1) is 19.0. The van der Waals surface area contributed by atoms with Crippen LogP contribution < -0.4 is 31.2 Å². The molecule has 208 valence electrons. The molecular formula is C28H35FN6O4. The molecule has 0 aliphatic heterocycles. The number of halogens is 1. The molecule has 0 radical (unpaired) electrons. The highest BCUT2D eigenvalue weighted by Crippen LogP contribution is 2.21. The maximum Gasteiger partial charge on any atom is 0.214 e. The summed E-state index contributed by atoms with van der Waals surface area (Å²) in [6.45, 7) is 1.04. The van der Waals surface area contributed by atoms with Crippen LogP contribution >= 0.6 is 0 Å². The smallest absolute Gasteiger partial charge is 0.214 e. The van der Waals surface area contributed by atoms with Crippen molar-refractivity contribution in [3.05, 3.63) is 91.1 Å². The lowest BCUT2D eigenvalue weighted by Crippen LogP contribution is -2.06. The normalized spacial score (nSPS) is 9.69. The number of nitrogens with two attached hydrogens (primary N) is 1. The topological polar surface area (TPSA) is 147 Å². The molecule has 2 aromatic heterocycles. The number of aliphatic hydroxyl groups excluding tert-OH is 2. The third-order valence-corrected chi connectivity index (χ3v) is 4.79. The van der Waals surface area contributed by atoms with Crippen LogP contribution in [0.15, 0.2) is 85.2 Å². The molecule has 0 saturated heterocycles. The number of anilines is 5. The summed E-state index contributed by atoms with van der Waals surface area (Å²) in [6, 6.07) is 21.9. The maximum absolute atomic E-state index is 12.8. The summed E-state index contributed by atoms with van der Waals surface area (Å²) < 4.78 is 23.0. The number of hydrogen-bond donors (Lipinski definition) is 6. The van der Waals surface area contributed by atoms with E-state index in [2.05, 4.69) is 25.9 Å². The lowest BCUT2D eigenvalue weighted by Gasteiger charge is -2.09. The Balaban J connectivity index is 0.000000243. The third kappa shape index (κ3) is 12.1. The molecule has 2 heterocycles. The van der Waals surface area contributed by atoms with Gasteiger partial charge in [-0.2, -0.15) is 4.39 Å². The van der Waals surface area contributed by atoms with Crippen molar-refractivity contribution in [2.24, 2.45) is 5.73 Å². The van der Waals surface area contributed by atoms with Crippen molar-refractivity contribution in [3.8, 4) is 11.5 Å². The Hall–Kier alpha value is -4.45. The van der Waals surface area contributed by atoms with Crippen LogP contribution in [0.2, 0.25) is 0 Å². The van der Waals surface area contributed by atoms with Crippen molar-refractivity contribution in [2.45, 2.75) is 0 Å². The molecular weight excluding hydrogens is 503 g/mol. The van der Waals surface area contributed by atoms with Gasteiger partial charge in [0.2, 0.25) is 5.95 Å². The van der Waals surface area contributed by atoms with E-state index >= 15 is 0 Å². The van der Waals surface area contributed by atoms with E-state index in [4.69, 9.17) is 25.4 Å². The average Bonchev–Trinajstić information content (AvgIpc) is 2.97. The van der Waals surface area contributed by atoms with Crippen LogP contribution in [0.3, 0.4) is 0 Å². The van der Waals surface area contributed by atoms with E-state index in [-0.39, 0.29) is 13.2 Å². The second kappa shape index (κ2) is 17.9. The van der Waals surface area contributed by atoms with Crippen molar-refractivity contribution >= 4 is 28.6 Å². The van der Waals surface area contributed by atoms with Crippen LogP contribution in [0.25, 0.3) is 0 Å². The van der Waals surface area contributed by atoms with Gasteiger partial charge in [0.25, 0.3) is 0 Å². The number of methoxy groups -OCH3 is 2. The van der Waals surface area contributed by atoms with Gasteiger partial charge >= 0.3 is 0 Å². The highest BCUT2D eigenvalue weighted by molar-refractivity contribution is 5.63. The molecule has 4 aromatic rings. The second-order valence-electron chi connectivity index (χ2n) is 7.67. The van der Waals surface area contributed by atoms with E-state index in [9.17, 15) is 4.39 Å². The zero-order valence-corrected chi connectivity index (χ0v) is 22.0. The third-order valence-electron chi connectivity index (χ3n) is 4.79. The molecule has 0 fully saturated rings. The first kappa shape index (κ1) is 30.8. The van der Waals surface area contributed by atoms with Crippen LogP contribution in [0.4, 0.5) is 33.0 Å². The standard InChI is InChI=1S/C14H17N3O2.C12H11FN2O.C2H7NO/c1-19-13-4-2-11(3-5-13)17-12-6-7-15-14(10-12)16-8-9-18;1-16-11-4-2-9(3-5-11)15-10-6-7-14-12(13)8-10;3-1-2-4/h2-7,10,18H,8-9H2,1H3,(H2,15,16,17);2-8H,1H3,(H,14,15);4H,1-3H2. The summed E-state index contributed by atoms with van der Waals surface area (Å²) in [7, 11) is 3.26. The Bertz CT molecular complexity index is 1210. The fourth-order valence-corrected chi connectivity index (χ4v) is 2.95. The lowest BCUT2D eigenvalue weighted by molar-refractivity contribution is 0.306. The molecule has 39 heavy (non-hydrogen) atoms. The summed E-state index contributed by atoms with van der Waals surface area (Å²) >= 11 is 0. The van der Waals surface area contributed by atoms with E-state index < -0.39 is 5.95 Å². The van der Waals surface area contributed by atoms with Gasteiger partial charge in [-0.1, -0.05) is 0 Å². The van der Waals surface area contributed by atoms with Crippen LogP contribution in [-0.2, 0) is 0 Å². The minimum Gasteiger partial charge on any atom is -0.497 e. The molecule has 10 nitrogen and oxygen atoms in total. The van der Waals surface area contributed by atoms with Gasteiger partial charge in [0, 0.05) is 60.4 Å². The van der Waals surface area contributed by atoms with Gasteiger partial charge in [0.1, 0.15) is 17.3 Å². The monoisotopic (exact) mass is 538 g/mol. The van der Waals surface area contributed by atoms with E-state index in [1.165, 1.54) is 12.3 Å². The molecule has 0 aliphatic rings. The highest BCUT2D eigenvalue weighted by atomic mass is 19.1.